The molecule has 2 aliphatic rings. The lowest BCUT2D eigenvalue weighted by atomic mass is 9.96. The van der Waals surface area contributed by atoms with E-state index in [0.717, 1.165) is 55.5 Å². The molecule has 10 heteroatoms. The monoisotopic (exact) mass is 489 g/mol. The molecule has 0 spiro atoms. The van der Waals surface area contributed by atoms with Gasteiger partial charge in [-0.05, 0) is 50.7 Å². The van der Waals surface area contributed by atoms with Crippen LogP contribution >= 0.6 is 0 Å². The van der Waals surface area contributed by atoms with Crippen molar-refractivity contribution in [1.82, 2.24) is 19.5 Å². The summed E-state index contributed by atoms with van der Waals surface area (Å²) in [5.41, 5.74) is -0.0206. The molecule has 6 nitrogen and oxygen atoms in total. The van der Waals surface area contributed by atoms with Crippen molar-refractivity contribution in [2.75, 3.05) is 24.5 Å². The number of piperidine rings is 1. The first-order chi connectivity index (χ1) is 16.6. The number of anilines is 1. The molecular weight excluding hydrogens is 462 g/mol. The first-order valence-corrected chi connectivity index (χ1v) is 11.9. The van der Waals surface area contributed by atoms with Crippen LogP contribution in [0.3, 0.4) is 0 Å². The van der Waals surface area contributed by atoms with Gasteiger partial charge in [0.25, 0.3) is 5.91 Å². The van der Waals surface area contributed by atoms with Gasteiger partial charge in [0.05, 0.1) is 17.3 Å². The van der Waals surface area contributed by atoms with E-state index >= 15 is 0 Å². The van der Waals surface area contributed by atoms with Crippen molar-refractivity contribution < 1.29 is 22.4 Å². The van der Waals surface area contributed by atoms with Crippen molar-refractivity contribution in [3.05, 3.63) is 58.7 Å². The van der Waals surface area contributed by atoms with Crippen LogP contribution in [0.2, 0.25) is 0 Å². The standard InChI is InChI=1S/C25H27F4N5O/c1-15-9-11-32(13-15)23-16(2)14-34-21(30-23)12-19(31-34)20-8-3-4-10-33(20)24(35)17-6-5-7-18(26)22(17)25(27,28)29/h5-7,12,14-15,20H,3-4,8-11,13H2,1-2H3/t15-,20-/m0/s1. The average Bonchev–Trinajstić information content (AvgIpc) is 3.42. The first-order valence-electron chi connectivity index (χ1n) is 11.9. The minimum atomic E-state index is -4.98. The summed E-state index contributed by atoms with van der Waals surface area (Å²) in [7, 11) is 0. The fraction of sp³-hybridized carbons (Fsp3) is 0.480. The van der Waals surface area contributed by atoms with Crippen LogP contribution in [0.1, 0.15) is 65.8 Å². The highest BCUT2D eigenvalue weighted by molar-refractivity contribution is 5.96. The smallest absolute Gasteiger partial charge is 0.356 e. The van der Waals surface area contributed by atoms with E-state index in [0.29, 0.717) is 30.1 Å². The Morgan fingerprint density at radius 2 is 1.94 bits per heavy atom. The van der Waals surface area contributed by atoms with E-state index in [1.165, 1.54) is 4.90 Å². The molecule has 2 aliphatic heterocycles. The number of carbonyl (C=O) groups excluding carboxylic acids is 1. The third kappa shape index (κ3) is 4.34. The summed E-state index contributed by atoms with van der Waals surface area (Å²) in [5, 5.41) is 4.64. The summed E-state index contributed by atoms with van der Waals surface area (Å²) < 4.78 is 56.6. The zero-order chi connectivity index (χ0) is 24.9. The van der Waals surface area contributed by atoms with Crippen LogP contribution < -0.4 is 4.90 Å². The van der Waals surface area contributed by atoms with Gasteiger partial charge in [0.15, 0.2) is 5.65 Å². The summed E-state index contributed by atoms with van der Waals surface area (Å²) in [4.78, 5) is 21.8. The Morgan fingerprint density at radius 1 is 1.14 bits per heavy atom. The predicted molar refractivity (Wildman–Crippen MR) is 123 cm³/mol. The molecule has 1 amide bonds. The second-order valence-corrected chi connectivity index (χ2v) is 9.63. The number of nitrogens with zero attached hydrogens (tertiary/aromatic N) is 5. The number of aryl methyl sites for hydroxylation is 1. The number of alkyl halides is 3. The number of carbonyl (C=O) groups is 1. The van der Waals surface area contributed by atoms with Gasteiger partial charge in [-0.15, -0.1) is 0 Å². The maximum atomic E-state index is 14.1. The van der Waals surface area contributed by atoms with Gasteiger partial charge >= 0.3 is 6.18 Å². The number of halogens is 4. The fourth-order valence-electron chi connectivity index (χ4n) is 5.26. The Bertz CT molecular complexity index is 1270. The van der Waals surface area contributed by atoms with Crippen molar-refractivity contribution in [2.24, 2.45) is 5.92 Å². The van der Waals surface area contributed by atoms with E-state index < -0.39 is 35.1 Å². The summed E-state index contributed by atoms with van der Waals surface area (Å²) in [6, 6.07) is 4.18. The Balaban J connectivity index is 1.50. The summed E-state index contributed by atoms with van der Waals surface area (Å²) in [6.07, 6.45) is 0.0444. The normalized spacial score (nSPS) is 21.2. The maximum Gasteiger partial charge on any atom is 0.420 e. The molecule has 3 aromatic rings. The van der Waals surface area contributed by atoms with Crippen LogP contribution in [0.25, 0.3) is 5.65 Å². The van der Waals surface area contributed by atoms with Crippen LogP contribution in [0.5, 0.6) is 0 Å². The molecule has 0 unspecified atom stereocenters. The number of fused-ring (bicyclic) bond motifs is 1. The molecule has 2 fully saturated rings. The van der Waals surface area contributed by atoms with Gasteiger partial charge in [-0.25, -0.2) is 13.9 Å². The zero-order valence-electron chi connectivity index (χ0n) is 19.6. The van der Waals surface area contributed by atoms with Gasteiger partial charge in [0.2, 0.25) is 0 Å². The number of benzene rings is 1. The van der Waals surface area contributed by atoms with E-state index in [-0.39, 0.29) is 6.54 Å². The maximum absolute atomic E-state index is 14.1. The van der Waals surface area contributed by atoms with Crippen molar-refractivity contribution in [2.45, 2.75) is 51.7 Å². The van der Waals surface area contributed by atoms with Gasteiger partial charge < -0.3 is 9.80 Å². The lowest BCUT2D eigenvalue weighted by molar-refractivity contribution is -0.140. The molecule has 0 aliphatic carbocycles. The molecule has 5 rings (SSSR count). The van der Waals surface area contributed by atoms with Crippen molar-refractivity contribution in [3.63, 3.8) is 0 Å². The van der Waals surface area contributed by atoms with Crippen LogP contribution in [0, 0.1) is 18.7 Å². The Hall–Kier alpha value is -3.17. The molecule has 35 heavy (non-hydrogen) atoms. The molecule has 186 valence electrons. The van der Waals surface area contributed by atoms with Gasteiger partial charge in [-0.2, -0.15) is 18.3 Å². The van der Waals surface area contributed by atoms with Gasteiger partial charge in [0, 0.05) is 37.5 Å². The highest BCUT2D eigenvalue weighted by Crippen LogP contribution is 2.38. The van der Waals surface area contributed by atoms with Crippen LogP contribution in [-0.2, 0) is 6.18 Å². The minimum Gasteiger partial charge on any atom is -0.356 e. The molecule has 2 saturated heterocycles. The molecule has 0 N–H and O–H groups in total. The van der Waals surface area contributed by atoms with Gasteiger partial charge in [-0.3, -0.25) is 4.79 Å². The second-order valence-electron chi connectivity index (χ2n) is 9.63. The van der Waals surface area contributed by atoms with Crippen molar-refractivity contribution in [1.29, 1.82) is 0 Å². The molecule has 0 saturated carbocycles. The summed E-state index contributed by atoms with van der Waals surface area (Å²) in [6.45, 7) is 6.33. The number of amides is 1. The summed E-state index contributed by atoms with van der Waals surface area (Å²) >= 11 is 0. The lowest BCUT2D eigenvalue weighted by Crippen LogP contribution is -2.39. The molecule has 0 radical (unpaired) electrons. The molecule has 2 aromatic heterocycles. The van der Waals surface area contributed by atoms with E-state index in [1.807, 2.05) is 13.1 Å². The number of aromatic nitrogens is 3. The van der Waals surface area contributed by atoms with Crippen LogP contribution in [0.4, 0.5) is 23.4 Å². The van der Waals surface area contributed by atoms with E-state index in [9.17, 15) is 22.4 Å². The third-order valence-corrected chi connectivity index (χ3v) is 6.98. The Morgan fingerprint density at radius 3 is 2.66 bits per heavy atom. The fourth-order valence-corrected chi connectivity index (χ4v) is 5.26. The van der Waals surface area contributed by atoms with Gasteiger partial charge in [-0.1, -0.05) is 13.0 Å². The molecule has 2 atom stereocenters. The van der Waals surface area contributed by atoms with Crippen LogP contribution in [0.15, 0.2) is 30.5 Å². The van der Waals surface area contributed by atoms with E-state index in [2.05, 4.69) is 16.9 Å². The van der Waals surface area contributed by atoms with E-state index in [4.69, 9.17) is 4.98 Å². The van der Waals surface area contributed by atoms with Crippen molar-refractivity contribution >= 4 is 17.4 Å². The van der Waals surface area contributed by atoms with Crippen molar-refractivity contribution in [3.8, 4) is 0 Å². The minimum absolute atomic E-state index is 0.272. The largest absolute Gasteiger partial charge is 0.420 e. The average molecular weight is 490 g/mol. The second kappa shape index (κ2) is 8.80. The highest BCUT2D eigenvalue weighted by atomic mass is 19.4. The predicted octanol–water partition coefficient (Wildman–Crippen LogP) is 5.41. The highest BCUT2D eigenvalue weighted by Gasteiger charge is 2.41. The molecule has 0 bridgehead atoms. The summed E-state index contributed by atoms with van der Waals surface area (Å²) in [5.74, 6) is -0.791. The third-order valence-electron chi connectivity index (χ3n) is 6.98. The number of rotatable bonds is 3. The van der Waals surface area contributed by atoms with Crippen LogP contribution in [-0.4, -0.2) is 45.0 Å². The van der Waals surface area contributed by atoms with Gasteiger partial charge in [0.1, 0.15) is 17.2 Å². The number of hydrogen-bond donors (Lipinski definition) is 0. The lowest BCUT2D eigenvalue weighted by Gasteiger charge is -2.35. The zero-order valence-corrected chi connectivity index (χ0v) is 19.6. The molecular formula is C25H27F4N5O. The Kier molecular flexibility index (Phi) is 5.93. The topological polar surface area (TPSA) is 53.7 Å². The first kappa shape index (κ1) is 23.6. The molecule has 4 heterocycles. The number of likely N-dealkylation sites (tertiary alicyclic amines) is 1. The Labute approximate surface area is 200 Å². The van der Waals surface area contributed by atoms with E-state index in [1.54, 1.807) is 10.6 Å². The molecule has 1 aromatic carbocycles. The quantitative estimate of drug-likeness (QED) is 0.462. The SMILES string of the molecule is Cc1cn2nc([C@@H]3CCCCN3C(=O)c3cccc(F)c3C(F)(F)F)cc2nc1N1CC[C@H](C)C1. The number of hydrogen-bond acceptors (Lipinski definition) is 4.